The highest BCUT2D eigenvalue weighted by Gasteiger charge is 2.25. The monoisotopic (exact) mass is 292 g/mol. The van der Waals surface area contributed by atoms with Crippen LogP contribution in [-0.2, 0) is 4.79 Å². The Morgan fingerprint density at radius 1 is 1.38 bits per heavy atom. The van der Waals surface area contributed by atoms with E-state index in [0.29, 0.717) is 11.8 Å². The summed E-state index contributed by atoms with van der Waals surface area (Å²) in [5, 5.41) is 13.2. The van der Waals surface area contributed by atoms with Crippen LogP contribution in [0.3, 0.4) is 0 Å². The molecular formula is C16H24N2O3. The lowest BCUT2D eigenvalue weighted by Crippen LogP contribution is -2.37. The number of phenolic OH excluding ortho intramolecular Hbond substituents is 1. The summed E-state index contributed by atoms with van der Waals surface area (Å²) < 4.78 is 5.14. The molecule has 1 aromatic rings. The third-order valence-electron chi connectivity index (χ3n) is 4.32. The molecule has 2 rings (SSSR count). The minimum absolute atomic E-state index is 0.0344. The number of methoxy groups -OCH3 is 1. The van der Waals surface area contributed by atoms with Gasteiger partial charge in [-0.2, -0.15) is 0 Å². The van der Waals surface area contributed by atoms with Crippen molar-refractivity contribution < 1.29 is 14.6 Å². The molecule has 0 heterocycles. The molecule has 1 fully saturated rings. The first-order valence-electron chi connectivity index (χ1n) is 7.43. The van der Waals surface area contributed by atoms with Crippen LogP contribution in [0.25, 0.3) is 0 Å². The van der Waals surface area contributed by atoms with Gasteiger partial charge >= 0.3 is 0 Å². The Balaban J connectivity index is 1.93. The second-order valence-corrected chi connectivity index (χ2v) is 5.77. The van der Waals surface area contributed by atoms with Crippen LogP contribution >= 0.6 is 0 Å². The molecule has 5 heteroatoms. The van der Waals surface area contributed by atoms with Crippen LogP contribution in [0.1, 0.15) is 44.2 Å². The number of nitrogens with two attached hydrogens (primary N) is 1. The van der Waals surface area contributed by atoms with Crippen LogP contribution in [0.2, 0.25) is 0 Å². The lowest BCUT2D eigenvalue weighted by molar-refractivity contribution is -0.122. The predicted octanol–water partition coefficient (Wildman–Crippen LogP) is 2.10. The van der Waals surface area contributed by atoms with Crippen molar-refractivity contribution in [2.45, 2.75) is 44.7 Å². The molecule has 1 aliphatic carbocycles. The molecule has 1 aromatic carbocycles. The lowest BCUT2D eigenvalue weighted by Gasteiger charge is -2.30. The van der Waals surface area contributed by atoms with E-state index < -0.39 is 0 Å². The molecule has 1 amide bonds. The molecule has 0 saturated heterocycles. The van der Waals surface area contributed by atoms with Gasteiger partial charge in [-0.15, -0.1) is 0 Å². The number of ether oxygens (including phenoxy) is 1. The highest BCUT2D eigenvalue weighted by atomic mass is 16.5. The lowest BCUT2D eigenvalue weighted by atomic mass is 9.85. The van der Waals surface area contributed by atoms with Gasteiger partial charge in [0.25, 0.3) is 0 Å². The van der Waals surface area contributed by atoms with Gasteiger partial charge in [0, 0.05) is 18.0 Å². The van der Waals surface area contributed by atoms with Gasteiger partial charge in [0.15, 0.2) is 11.5 Å². The highest BCUT2D eigenvalue weighted by Crippen LogP contribution is 2.30. The van der Waals surface area contributed by atoms with Gasteiger partial charge in [-0.05, 0) is 50.3 Å². The van der Waals surface area contributed by atoms with E-state index in [2.05, 4.69) is 12.2 Å². The Kier molecular flexibility index (Phi) is 5.07. The molecule has 1 unspecified atom stereocenters. The van der Waals surface area contributed by atoms with E-state index in [-0.39, 0.29) is 23.6 Å². The molecule has 4 N–H and O–H groups in total. The number of hydrogen-bond donors (Lipinski definition) is 3. The first-order chi connectivity index (χ1) is 10.0. The van der Waals surface area contributed by atoms with Crippen molar-refractivity contribution in [1.29, 1.82) is 0 Å². The number of phenols is 1. The van der Waals surface area contributed by atoms with E-state index in [4.69, 9.17) is 10.5 Å². The SMILES string of the molecule is COc1cc(C(C)NC2CCC(C(N)=O)CC2)ccc1O. The average molecular weight is 292 g/mol. The van der Waals surface area contributed by atoms with Crippen molar-refractivity contribution in [3.63, 3.8) is 0 Å². The maximum absolute atomic E-state index is 11.2. The molecule has 1 aliphatic rings. The number of aromatic hydroxyl groups is 1. The molecule has 1 atom stereocenters. The molecule has 0 spiro atoms. The second kappa shape index (κ2) is 6.80. The molecule has 0 bridgehead atoms. The van der Waals surface area contributed by atoms with Crippen molar-refractivity contribution >= 4 is 5.91 Å². The maximum Gasteiger partial charge on any atom is 0.220 e. The normalized spacial score (nSPS) is 23.5. The van der Waals surface area contributed by atoms with Gasteiger partial charge in [0.05, 0.1) is 7.11 Å². The molecule has 116 valence electrons. The Bertz CT molecular complexity index is 496. The zero-order valence-corrected chi connectivity index (χ0v) is 12.6. The third kappa shape index (κ3) is 3.88. The smallest absolute Gasteiger partial charge is 0.220 e. The summed E-state index contributed by atoms with van der Waals surface area (Å²) in [7, 11) is 1.54. The predicted molar refractivity (Wildman–Crippen MR) is 81.1 cm³/mol. The molecule has 1 saturated carbocycles. The Morgan fingerprint density at radius 3 is 2.62 bits per heavy atom. The Morgan fingerprint density at radius 2 is 2.05 bits per heavy atom. The van der Waals surface area contributed by atoms with Gasteiger partial charge in [-0.3, -0.25) is 4.79 Å². The molecule has 0 aliphatic heterocycles. The number of rotatable bonds is 5. The van der Waals surface area contributed by atoms with Crippen molar-refractivity contribution in [3.05, 3.63) is 23.8 Å². The second-order valence-electron chi connectivity index (χ2n) is 5.77. The number of nitrogens with one attached hydrogen (secondary N) is 1. The largest absolute Gasteiger partial charge is 0.504 e. The van der Waals surface area contributed by atoms with Crippen LogP contribution in [0, 0.1) is 5.92 Å². The maximum atomic E-state index is 11.2. The number of carbonyl (C=O) groups excluding carboxylic acids is 1. The minimum Gasteiger partial charge on any atom is -0.504 e. The Hall–Kier alpha value is -1.75. The molecule has 21 heavy (non-hydrogen) atoms. The minimum atomic E-state index is -0.176. The van der Waals surface area contributed by atoms with Crippen LogP contribution in [0.4, 0.5) is 0 Å². The van der Waals surface area contributed by atoms with Crippen LogP contribution in [0.15, 0.2) is 18.2 Å². The number of benzene rings is 1. The van der Waals surface area contributed by atoms with Gasteiger partial charge < -0.3 is 20.9 Å². The summed E-state index contributed by atoms with van der Waals surface area (Å²) >= 11 is 0. The summed E-state index contributed by atoms with van der Waals surface area (Å²) in [6.07, 6.45) is 3.65. The van der Waals surface area contributed by atoms with Crippen molar-refractivity contribution in [2.24, 2.45) is 11.7 Å². The zero-order valence-electron chi connectivity index (χ0n) is 12.6. The number of amides is 1. The topological polar surface area (TPSA) is 84.6 Å². The van der Waals surface area contributed by atoms with Crippen molar-refractivity contribution in [1.82, 2.24) is 5.32 Å². The Labute approximate surface area is 125 Å². The van der Waals surface area contributed by atoms with E-state index in [1.54, 1.807) is 13.2 Å². The zero-order chi connectivity index (χ0) is 15.4. The summed E-state index contributed by atoms with van der Waals surface area (Å²) in [6.45, 7) is 2.09. The summed E-state index contributed by atoms with van der Waals surface area (Å²) in [5.41, 5.74) is 6.43. The standard InChI is InChI=1S/C16H24N2O3/c1-10(12-5-8-14(19)15(9-12)21-2)18-13-6-3-11(4-7-13)16(17)20/h5,8-11,13,18-19H,3-4,6-7H2,1-2H3,(H2,17,20). The molecule has 5 nitrogen and oxygen atoms in total. The molecule has 0 radical (unpaired) electrons. The van der Waals surface area contributed by atoms with Crippen molar-refractivity contribution in [2.75, 3.05) is 7.11 Å². The number of carbonyl (C=O) groups is 1. The fourth-order valence-electron chi connectivity index (χ4n) is 2.96. The van der Waals surface area contributed by atoms with Crippen LogP contribution < -0.4 is 15.8 Å². The number of primary amides is 1. The van der Waals surface area contributed by atoms with Gasteiger partial charge in [0.2, 0.25) is 5.91 Å². The van der Waals surface area contributed by atoms with Gasteiger partial charge in [-0.1, -0.05) is 6.07 Å². The van der Waals surface area contributed by atoms with Crippen LogP contribution in [0.5, 0.6) is 11.5 Å². The average Bonchev–Trinajstić information content (AvgIpc) is 2.48. The fraction of sp³-hybridized carbons (Fsp3) is 0.562. The molecule has 0 aromatic heterocycles. The van der Waals surface area contributed by atoms with Crippen LogP contribution in [-0.4, -0.2) is 24.2 Å². The van der Waals surface area contributed by atoms with Gasteiger partial charge in [-0.25, -0.2) is 0 Å². The van der Waals surface area contributed by atoms with E-state index in [1.807, 2.05) is 12.1 Å². The van der Waals surface area contributed by atoms with E-state index in [0.717, 1.165) is 31.2 Å². The highest BCUT2D eigenvalue weighted by molar-refractivity contribution is 5.76. The van der Waals surface area contributed by atoms with Crippen molar-refractivity contribution in [3.8, 4) is 11.5 Å². The summed E-state index contributed by atoms with van der Waals surface area (Å²) in [5.74, 6) is 0.492. The van der Waals surface area contributed by atoms with E-state index in [1.165, 1.54) is 0 Å². The fourth-order valence-corrected chi connectivity index (χ4v) is 2.96. The van der Waals surface area contributed by atoms with E-state index in [9.17, 15) is 9.90 Å². The third-order valence-corrected chi connectivity index (χ3v) is 4.32. The summed E-state index contributed by atoms with van der Waals surface area (Å²) in [4.78, 5) is 11.2. The quantitative estimate of drug-likeness (QED) is 0.776. The first kappa shape index (κ1) is 15.6. The first-order valence-corrected chi connectivity index (χ1v) is 7.43. The number of hydrogen-bond acceptors (Lipinski definition) is 4. The molecular weight excluding hydrogens is 268 g/mol. The summed E-state index contributed by atoms with van der Waals surface area (Å²) in [6, 6.07) is 5.95. The van der Waals surface area contributed by atoms with E-state index >= 15 is 0 Å². The van der Waals surface area contributed by atoms with Gasteiger partial charge in [0.1, 0.15) is 0 Å².